The molecule has 0 unspecified atom stereocenters. The average molecular weight is 385 g/mol. The van der Waals surface area contributed by atoms with Crippen molar-refractivity contribution in [3.63, 3.8) is 0 Å². The van der Waals surface area contributed by atoms with Gasteiger partial charge < -0.3 is 19.7 Å². The van der Waals surface area contributed by atoms with Crippen LogP contribution in [0.1, 0.15) is 22.8 Å². The van der Waals surface area contributed by atoms with Crippen molar-refractivity contribution in [2.24, 2.45) is 0 Å². The van der Waals surface area contributed by atoms with E-state index in [1.54, 1.807) is 25.1 Å². The van der Waals surface area contributed by atoms with Crippen LogP contribution in [0.3, 0.4) is 0 Å². The van der Waals surface area contributed by atoms with Crippen LogP contribution < -0.4 is 10.1 Å². The summed E-state index contributed by atoms with van der Waals surface area (Å²) in [6, 6.07) is 10.4. The number of hydrogen-bond donors (Lipinski definition) is 1. The molecule has 1 heterocycles. The number of aryl methyl sites for hydroxylation is 1. The molecule has 8 nitrogen and oxygen atoms in total. The Bertz CT molecular complexity index is 836. The zero-order valence-electron chi connectivity index (χ0n) is 16.1. The molecule has 0 aliphatic heterocycles. The van der Waals surface area contributed by atoms with Crippen LogP contribution in [-0.2, 0) is 14.3 Å². The first-order valence-corrected chi connectivity index (χ1v) is 8.76. The van der Waals surface area contributed by atoms with Gasteiger partial charge >= 0.3 is 5.97 Å². The molecule has 0 aliphatic carbocycles. The molecule has 148 valence electrons. The number of pyridine rings is 1. The van der Waals surface area contributed by atoms with Crippen molar-refractivity contribution in [3.05, 3.63) is 53.7 Å². The molecule has 1 N–H and O–H groups in total. The third-order valence-corrected chi connectivity index (χ3v) is 3.74. The van der Waals surface area contributed by atoms with Crippen molar-refractivity contribution in [2.45, 2.75) is 13.8 Å². The molecule has 0 saturated carbocycles. The van der Waals surface area contributed by atoms with Crippen LogP contribution >= 0.6 is 0 Å². The fourth-order valence-corrected chi connectivity index (χ4v) is 2.25. The lowest BCUT2D eigenvalue weighted by molar-refractivity contribution is -0.136. The molecule has 0 bridgehead atoms. The monoisotopic (exact) mass is 385 g/mol. The van der Waals surface area contributed by atoms with Gasteiger partial charge in [0.1, 0.15) is 5.56 Å². The summed E-state index contributed by atoms with van der Waals surface area (Å²) in [5.74, 6) is -1.43. The van der Waals surface area contributed by atoms with E-state index in [9.17, 15) is 14.4 Å². The predicted octanol–water partition coefficient (Wildman–Crippen LogP) is 2.04. The molecule has 8 heteroatoms. The molecular formula is C20H23N3O5. The number of carbonyl (C=O) groups is 3. The summed E-state index contributed by atoms with van der Waals surface area (Å²) in [5, 5.41) is 2.70. The van der Waals surface area contributed by atoms with E-state index < -0.39 is 18.5 Å². The fraction of sp³-hybridized carbons (Fsp3) is 0.300. The number of nitrogens with zero attached hydrogens (tertiary/aromatic N) is 2. The van der Waals surface area contributed by atoms with Crippen LogP contribution in [0.4, 0.5) is 5.69 Å². The summed E-state index contributed by atoms with van der Waals surface area (Å²) in [5.41, 5.74) is 1.85. The van der Waals surface area contributed by atoms with Gasteiger partial charge in [0.15, 0.2) is 6.61 Å². The fourth-order valence-electron chi connectivity index (χ4n) is 2.25. The van der Waals surface area contributed by atoms with Gasteiger partial charge in [-0.05, 0) is 38.1 Å². The van der Waals surface area contributed by atoms with Crippen LogP contribution in [0.25, 0.3) is 0 Å². The molecule has 28 heavy (non-hydrogen) atoms. The maximum atomic E-state index is 12.2. The second-order valence-corrected chi connectivity index (χ2v) is 6.03. The van der Waals surface area contributed by atoms with E-state index in [-0.39, 0.29) is 23.9 Å². The lowest BCUT2D eigenvalue weighted by Gasteiger charge is -2.17. The van der Waals surface area contributed by atoms with Gasteiger partial charge in [0, 0.05) is 18.9 Å². The number of rotatable bonds is 8. The highest BCUT2D eigenvalue weighted by Crippen LogP contribution is 2.15. The standard InChI is InChI=1S/C20H23N3O5/c1-4-27-19-16(6-5-11-21-19)20(26)28-13-18(25)23(3)12-17(24)22-15-9-7-14(2)8-10-15/h5-11H,4,12-13H2,1-3H3,(H,22,24). The number of nitrogens with one attached hydrogen (secondary N) is 1. The van der Waals surface area contributed by atoms with Crippen LogP contribution in [-0.4, -0.2) is 54.5 Å². The maximum Gasteiger partial charge on any atom is 0.344 e. The molecule has 0 aliphatic rings. The van der Waals surface area contributed by atoms with E-state index in [2.05, 4.69) is 10.3 Å². The Kier molecular flexibility index (Phi) is 7.50. The van der Waals surface area contributed by atoms with Crippen molar-refractivity contribution in [1.82, 2.24) is 9.88 Å². The van der Waals surface area contributed by atoms with Gasteiger partial charge in [0.25, 0.3) is 5.91 Å². The van der Waals surface area contributed by atoms with E-state index in [4.69, 9.17) is 9.47 Å². The van der Waals surface area contributed by atoms with Gasteiger partial charge in [0.2, 0.25) is 11.8 Å². The number of carbonyl (C=O) groups excluding carboxylic acids is 3. The van der Waals surface area contributed by atoms with Crippen molar-refractivity contribution >= 4 is 23.5 Å². The highest BCUT2D eigenvalue weighted by Gasteiger charge is 2.19. The number of aromatic nitrogens is 1. The van der Waals surface area contributed by atoms with Crippen molar-refractivity contribution < 1.29 is 23.9 Å². The van der Waals surface area contributed by atoms with Crippen molar-refractivity contribution in [2.75, 3.05) is 32.1 Å². The minimum Gasteiger partial charge on any atom is -0.477 e. The number of likely N-dealkylation sites (N-methyl/N-ethyl adjacent to an activating group) is 1. The largest absolute Gasteiger partial charge is 0.477 e. The number of hydrogen-bond acceptors (Lipinski definition) is 6. The minimum atomic E-state index is -0.720. The molecule has 2 amide bonds. The molecule has 2 aromatic rings. The third kappa shape index (κ3) is 6.08. The number of amides is 2. The number of anilines is 1. The van der Waals surface area contributed by atoms with E-state index in [0.717, 1.165) is 5.56 Å². The molecule has 0 spiro atoms. The SMILES string of the molecule is CCOc1ncccc1C(=O)OCC(=O)N(C)CC(=O)Nc1ccc(C)cc1. The van der Waals surface area contributed by atoms with E-state index >= 15 is 0 Å². The zero-order valence-corrected chi connectivity index (χ0v) is 16.1. The van der Waals surface area contributed by atoms with Gasteiger partial charge in [-0.25, -0.2) is 9.78 Å². The van der Waals surface area contributed by atoms with Gasteiger partial charge in [-0.15, -0.1) is 0 Å². The molecule has 0 saturated heterocycles. The Labute approximate surface area is 163 Å². The van der Waals surface area contributed by atoms with Crippen LogP contribution in [0.2, 0.25) is 0 Å². The summed E-state index contributed by atoms with van der Waals surface area (Å²) in [4.78, 5) is 41.5. The van der Waals surface area contributed by atoms with Crippen LogP contribution in [0, 0.1) is 6.92 Å². The Hall–Kier alpha value is -3.42. The van der Waals surface area contributed by atoms with Gasteiger partial charge in [-0.1, -0.05) is 17.7 Å². The second kappa shape index (κ2) is 10.1. The summed E-state index contributed by atoms with van der Waals surface area (Å²) in [6.45, 7) is 3.40. The molecule has 0 radical (unpaired) electrons. The van der Waals surface area contributed by atoms with Crippen molar-refractivity contribution in [3.8, 4) is 5.88 Å². The zero-order chi connectivity index (χ0) is 20.5. The smallest absolute Gasteiger partial charge is 0.344 e. The topological polar surface area (TPSA) is 97.8 Å². The molecular weight excluding hydrogens is 362 g/mol. The molecule has 1 aromatic carbocycles. The summed E-state index contributed by atoms with van der Waals surface area (Å²) in [7, 11) is 1.46. The Morgan fingerprint density at radius 3 is 2.54 bits per heavy atom. The maximum absolute atomic E-state index is 12.2. The number of benzene rings is 1. The third-order valence-electron chi connectivity index (χ3n) is 3.74. The predicted molar refractivity (Wildman–Crippen MR) is 103 cm³/mol. The average Bonchev–Trinajstić information content (AvgIpc) is 2.68. The summed E-state index contributed by atoms with van der Waals surface area (Å²) >= 11 is 0. The minimum absolute atomic E-state index is 0.136. The first-order valence-electron chi connectivity index (χ1n) is 8.76. The first-order chi connectivity index (χ1) is 13.4. The number of ether oxygens (including phenoxy) is 2. The highest BCUT2D eigenvalue weighted by atomic mass is 16.5. The molecule has 2 rings (SSSR count). The number of esters is 1. The first kappa shape index (κ1) is 20.9. The molecule has 1 aromatic heterocycles. The van der Waals surface area contributed by atoms with Crippen molar-refractivity contribution in [1.29, 1.82) is 0 Å². The summed E-state index contributed by atoms with van der Waals surface area (Å²) < 4.78 is 10.3. The quantitative estimate of drug-likeness (QED) is 0.699. The second-order valence-electron chi connectivity index (χ2n) is 6.03. The van der Waals surface area contributed by atoms with Gasteiger partial charge in [-0.2, -0.15) is 0 Å². The van der Waals surface area contributed by atoms with Gasteiger partial charge in [0.05, 0.1) is 13.2 Å². The van der Waals surface area contributed by atoms with E-state index in [1.165, 1.54) is 24.2 Å². The lowest BCUT2D eigenvalue weighted by atomic mass is 10.2. The highest BCUT2D eigenvalue weighted by molar-refractivity contribution is 5.96. The lowest BCUT2D eigenvalue weighted by Crippen LogP contribution is -2.37. The normalized spacial score (nSPS) is 10.1. The summed E-state index contributed by atoms with van der Waals surface area (Å²) in [6.07, 6.45) is 1.49. The van der Waals surface area contributed by atoms with E-state index in [0.29, 0.717) is 12.3 Å². The Morgan fingerprint density at radius 2 is 1.86 bits per heavy atom. The van der Waals surface area contributed by atoms with Crippen LogP contribution in [0.5, 0.6) is 5.88 Å². The Morgan fingerprint density at radius 1 is 1.14 bits per heavy atom. The molecule has 0 atom stereocenters. The Balaban J connectivity index is 1.84. The molecule has 0 fully saturated rings. The van der Waals surface area contributed by atoms with Gasteiger partial charge in [-0.3, -0.25) is 9.59 Å². The van der Waals surface area contributed by atoms with E-state index in [1.807, 2.05) is 19.1 Å². The van der Waals surface area contributed by atoms with Crippen LogP contribution in [0.15, 0.2) is 42.6 Å².